The third-order valence-corrected chi connectivity index (χ3v) is 9.44. The van der Waals surface area contributed by atoms with Gasteiger partial charge in [-0.1, -0.05) is 41.9 Å². The molecule has 7 heteroatoms. The van der Waals surface area contributed by atoms with E-state index in [-0.39, 0.29) is 17.1 Å². The molecule has 0 unspecified atom stereocenters. The summed E-state index contributed by atoms with van der Waals surface area (Å²) in [5, 5.41) is 18.2. The van der Waals surface area contributed by atoms with Gasteiger partial charge in [0, 0.05) is 31.4 Å². The molecule has 1 aromatic carbocycles. The van der Waals surface area contributed by atoms with Gasteiger partial charge in [-0.3, -0.25) is 9.63 Å². The molecule has 4 aliphatic rings. The predicted octanol–water partition coefficient (Wildman–Crippen LogP) is 5.04. The third-order valence-electron chi connectivity index (χ3n) is 9.44. The summed E-state index contributed by atoms with van der Waals surface area (Å²) >= 11 is 0. The van der Waals surface area contributed by atoms with E-state index in [1.54, 1.807) is 7.11 Å². The highest BCUT2D eigenvalue weighted by Crippen LogP contribution is 2.66. The van der Waals surface area contributed by atoms with Crippen LogP contribution < -0.4 is 5.32 Å². The summed E-state index contributed by atoms with van der Waals surface area (Å²) in [7, 11) is 1.68. The predicted molar refractivity (Wildman–Crippen MR) is 141 cm³/mol. The summed E-state index contributed by atoms with van der Waals surface area (Å²) in [5.74, 6) is 1.21. The highest BCUT2D eigenvalue weighted by atomic mass is 16.7. The Hall–Kier alpha value is -2.77. The van der Waals surface area contributed by atoms with Crippen molar-refractivity contribution >= 4 is 18.1 Å². The smallest absolute Gasteiger partial charge is 0.387 e. The first-order valence-electron chi connectivity index (χ1n) is 13.6. The van der Waals surface area contributed by atoms with Crippen molar-refractivity contribution in [3.63, 3.8) is 0 Å². The highest BCUT2D eigenvalue weighted by Gasteiger charge is 2.62. The van der Waals surface area contributed by atoms with E-state index in [0.29, 0.717) is 31.4 Å². The van der Waals surface area contributed by atoms with Gasteiger partial charge in [0.25, 0.3) is 0 Å². The molecule has 0 aromatic heterocycles. The molecule has 0 bridgehead atoms. The van der Waals surface area contributed by atoms with Crippen molar-refractivity contribution in [2.45, 2.75) is 70.3 Å². The summed E-state index contributed by atoms with van der Waals surface area (Å²) in [6.45, 7) is 4.92. The largest absolute Gasteiger partial charge is 0.433 e. The molecule has 37 heavy (non-hydrogen) atoms. The lowest BCUT2D eigenvalue weighted by molar-refractivity contribution is -0.128. The molecule has 2 fully saturated rings. The molecule has 1 aromatic rings. The summed E-state index contributed by atoms with van der Waals surface area (Å²) in [5.41, 5.74) is 5.07. The summed E-state index contributed by atoms with van der Waals surface area (Å²) < 4.78 is 5.54. The number of nitrogens with zero attached hydrogens (tertiary/aromatic N) is 1. The van der Waals surface area contributed by atoms with E-state index in [2.05, 4.69) is 29.5 Å². The fraction of sp³-hybridized carbons (Fsp3) is 0.567. The van der Waals surface area contributed by atoms with E-state index in [4.69, 9.17) is 9.57 Å². The second kappa shape index (κ2) is 10.2. The van der Waals surface area contributed by atoms with Crippen LogP contribution in [-0.2, 0) is 14.4 Å². The fourth-order valence-corrected chi connectivity index (χ4v) is 7.66. The first-order valence-corrected chi connectivity index (χ1v) is 13.6. The maximum absolute atomic E-state index is 12.2. The summed E-state index contributed by atoms with van der Waals surface area (Å²) in [6, 6.07) is 8.24. The summed E-state index contributed by atoms with van der Waals surface area (Å²) in [6.07, 6.45) is 8.83. The van der Waals surface area contributed by atoms with E-state index in [9.17, 15) is 14.7 Å². The lowest BCUT2D eigenvalue weighted by Crippen LogP contribution is -2.53. The van der Waals surface area contributed by atoms with Crippen LogP contribution in [-0.4, -0.2) is 49.1 Å². The molecule has 1 amide bonds. The van der Waals surface area contributed by atoms with Gasteiger partial charge < -0.3 is 15.2 Å². The van der Waals surface area contributed by atoms with E-state index in [1.165, 1.54) is 28.5 Å². The number of aliphatic hydroxyl groups is 1. The van der Waals surface area contributed by atoms with Crippen molar-refractivity contribution in [1.29, 1.82) is 0 Å². The maximum atomic E-state index is 12.2. The van der Waals surface area contributed by atoms with Crippen LogP contribution in [0.15, 0.2) is 52.2 Å². The number of ketones is 1. The molecule has 5 rings (SSSR count). The van der Waals surface area contributed by atoms with Crippen molar-refractivity contribution in [2.24, 2.45) is 22.4 Å². The van der Waals surface area contributed by atoms with E-state index >= 15 is 0 Å². The average molecular weight is 507 g/mol. The second-order valence-corrected chi connectivity index (χ2v) is 11.3. The fourth-order valence-electron chi connectivity index (χ4n) is 7.66. The van der Waals surface area contributed by atoms with Gasteiger partial charge in [-0.15, -0.1) is 0 Å². The number of ether oxygens (including phenoxy) is 1. The van der Waals surface area contributed by atoms with Crippen LogP contribution >= 0.6 is 0 Å². The molecule has 2 N–H and O–H groups in total. The molecule has 2 saturated carbocycles. The molecule has 4 aliphatic carbocycles. The zero-order chi connectivity index (χ0) is 26.2. The van der Waals surface area contributed by atoms with Crippen molar-refractivity contribution in [3.05, 3.63) is 58.2 Å². The van der Waals surface area contributed by atoms with Crippen molar-refractivity contribution < 1.29 is 24.3 Å². The molecular formula is C30H38N2O5. The van der Waals surface area contributed by atoms with Gasteiger partial charge in [0.2, 0.25) is 0 Å². The van der Waals surface area contributed by atoms with Gasteiger partial charge in [-0.05, 0) is 85.6 Å². The number of amides is 1. The summed E-state index contributed by atoms with van der Waals surface area (Å²) in [4.78, 5) is 28.5. The Morgan fingerprint density at radius 2 is 2.00 bits per heavy atom. The van der Waals surface area contributed by atoms with E-state index in [0.717, 1.165) is 44.1 Å². The number of carbonyl (C=O) groups is 2. The number of methoxy groups -OCH3 is 1. The Balaban J connectivity index is 1.51. The number of benzene rings is 1. The van der Waals surface area contributed by atoms with E-state index in [1.807, 2.05) is 25.1 Å². The number of fused-ring (bicyclic) bond motifs is 4. The Morgan fingerprint density at radius 3 is 2.73 bits per heavy atom. The first kappa shape index (κ1) is 25.9. The van der Waals surface area contributed by atoms with Crippen LogP contribution in [0.1, 0.15) is 75.8 Å². The molecule has 5 atom stereocenters. The minimum absolute atomic E-state index is 0.164. The van der Waals surface area contributed by atoms with Crippen LogP contribution in [0, 0.1) is 17.3 Å². The maximum Gasteiger partial charge on any atom is 0.433 e. The molecule has 0 radical (unpaired) electrons. The number of hydrogen-bond acceptors (Lipinski definition) is 6. The number of hydrogen-bond donors (Lipinski definition) is 2. The van der Waals surface area contributed by atoms with Gasteiger partial charge in [0.15, 0.2) is 5.78 Å². The molecule has 0 aliphatic heterocycles. The molecule has 0 saturated heterocycles. The van der Waals surface area contributed by atoms with Crippen LogP contribution in [0.25, 0.3) is 0 Å². The lowest BCUT2D eigenvalue weighted by Gasteiger charge is -2.54. The zero-order valence-corrected chi connectivity index (χ0v) is 22.1. The first-order chi connectivity index (χ1) is 17.8. The lowest BCUT2D eigenvalue weighted by atomic mass is 9.51. The number of allylic oxidation sites excluding steroid dienone is 4. The topological polar surface area (TPSA) is 97.2 Å². The zero-order valence-electron chi connectivity index (χ0n) is 22.1. The standard InChI is InChI=1S/C30H38N2O5/c1-4-31-28(34)37-32-17-19-5-7-20(8-6-19)25-16-29(2)26(13-14-30(29,35)18-36-3)24-11-9-21-15-22(33)10-12-23(21)27(24)25/h5-8,15,17,24-26,35H,4,9-14,16,18H2,1-3H3,(H,31,34)/b32-17+/t24-,25+,26-,29-,30+/m0/s1. The molecular weight excluding hydrogens is 468 g/mol. The molecule has 198 valence electrons. The van der Waals surface area contributed by atoms with Gasteiger partial charge in [-0.2, -0.15) is 0 Å². The van der Waals surface area contributed by atoms with Gasteiger partial charge in [0.1, 0.15) is 0 Å². The molecule has 7 nitrogen and oxygen atoms in total. The van der Waals surface area contributed by atoms with Gasteiger partial charge >= 0.3 is 6.09 Å². The normalized spacial score (nSPS) is 33.0. The molecule has 0 spiro atoms. The van der Waals surface area contributed by atoms with Gasteiger partial charge in [-0.25, -0.2) is 4.79 Å². The van der Waals surface area contributed by atoms with Crippen molar-refractivity contribution in [1.82, 2.24) is 5.32 Å². The monoisotopic (exact) mass is 506 g/mol. The Labute approximate surface area is 219 Å². The van der Waals surface area contributed by atoms with Crippen LogP contribution in [0.3, 0.4) is 0 Å². The van der Waals surface area contributed by atoms with Crippen LogP contribution in [0.2, 0.25) is 0 Å². The Bertz CT molecular complexity index is 1150. The highest BCUT2D eigenvalue weighted by molar-refractivity contribution is 5.93. The number of nitrogens with one attached hydrogen (secondary N) is 1. The quantitative estimate of drug-likeness (QED) is 0.320. The number of carbonyl (C=O) groups excluding carboxylic acids is 2. The van der Waals surface area contributed by atoms with Crippen molar-refractivity contribution in [3.8, 4) is 0 Å². The third kappa shape index (κ3) is 4.57. The SMILES string of the molecule is CCNC(=O)O/N=C/c1ccc([C@H]2C[C@@]3(C)[C@@H](CC[C@@]3(O)COC)[C@@H]3CCC4=CC(=O)CCC4=C32)cc1. The van der Waals surface area contributed by atoms with Crippen LogP contribution in [0.5, 0.6) is 0 Å². The second-order valence-electron chi connectivity index (χ2n) is 11.3. The minimum atomic E-state index is -0.845. The Morgan fingerprint density at radius 1 is 1.22 bits per heavy atom. The number of oxime groups is 1. The number of rotatable bonds is 6. The van der Waals surface area contributed by atoms with E-state index < -0.39 is 11.7 Å². The average Bonchev–Trinajstić information content (AvgIpc) is 3.14. The van der Waals surface area contributed by atoms with Crippen LogP contribution in [0.4, 0.5) is 4.79 Å². The Kier molecular flexibility index (Phi) is 7.12. The molecule has 0 heterocycles. The van der Waals surface area contributed by atoms with Gasteiger partial charge in [0.05, 0.1) is 18.4 Å². The van der Waals surface area contributed by atoms with Crippen molar-refractivity contribution in [2.75, 3.05) is 20.3 Å². The minimum Gasteiger partial charge on any atom is -0.387 e.